The van der Waals surface area contributed by atoms with Gasteiger partial charge in [0.05, 0.1) is 6.42 Å². The number of rotatable bonds is 5. The van der Waals surface area contributed by atoms with Crippen LogP contribution in [0.3, 0.4) is 0 Å². The summed E-state index contributed by atoms with van der Waals surface area (Å²) in [5, 5.41) is 2.54. The van der Waals surface area contributed by atoms with Gasteiger partial charge in [-0.1, -0.05) is 22.0 Å². The van der Waals surface area contributed by atoms with Gasteiger partial charge in [0.2, 0.25) is 11.8 Å². The van der Waals surface area contributed by atoms with Gasteiger partial charge in [-0.3, -0.25) is 9.59 Å². The molecule has 0 aliphatic carbocycles. The fraction of sp³-hybridized carbons (Fsp3) is 0.286. The molecule has 19 heavy (non-hydrogen) atoms. The van der Waals surface area contributed by atoms with E-state index in [2.05, 4.69) is 27.2 Å². The summed E-state index contributed by atoms with van der Waals surface area (Å²) in [7, 11) is 0. The van der Waals surface area contributed by atoms with Crippen LogP contribution in [0.2, 0.25) is 0 Å². The van der Waals surface area contributed by atoms with Crippen LogP contribution in [0, 0.1) is 19.3 Å². The summed E-state index contributed by atoms with van der Waals surface area (Å²) < 4.78 is 0.955. The van der Waals surface area contributed by atoms with Crippen LogP contribution in [0.1, 0.15) is 17.5 Å². The molecule has 1 unspecified atom stereocenters. The van der Waals surface area contributed by atoms with Gasteiger partial charge in [0.1, 0.15) is 6.04 Å². The Hall–Kier alpha value is -1.80. The van der Waals surface area contributed by atoms with Crippen LogP contribution in [0.5, 0.6) is 0 Å². The molecule has 1 rings (SSSR count). The molecule has 0 radical (unpaired) electrons. The number of nitrogens with one attached hydrogen (secondary N) is 1. The number of halogens is 1. The van der Waals surface area contributed by atoms with Crippen LogP contribution in [0.4, 0.5) is 0 Å². The summed E-state index contributed by atoms with van der Waals surface area (Å²) in [6.45, 7) is 1.92. The maximum Gasteiger partial charge on any atom is 0.240 e. The van der Waals surface area contributed by atoms with Crippen LogP contribution in [0.25, 0.3) is 0 Å². The number of carbonyl (C=O) groups excluding carboxylic acids is 2. The Balaban J connectivity index is 2.69. The van der Waals surface area contributed by atoms with E-state index in [4.69, 9.17) is 12.2 Å². The molecule has 5 heteroatoms. The molecule has 0 aliphatic heterocycles. The first-order valence-corrected chi connectivity index (χ1v) is 6.50. The highest BCUT2D eigenvalue weighted by Gasteiger charge is 2.17. The molecule has 0 fully saturated rings. The Bertz CT molecular complexity index is 535. The zero-order valence-corrected chi connectivity index (χ0v) is 12.2. The minimum atomic E-state index is -0.812. The van der Waals surface area contributed by atoms with Crippen molar-refractivity contribution in [2.75, 3.05) is 0 Å². The van der Waals surface area contributed by atoms with E-state index >= 15 is 0 Å². The van der Waals surface area contributed by atoms with Crippen molar-refractivity contribution in [3.63, 3.8) is 0 Å². The van der Waals surface area contributed by atoms with E-state index in [1.54, 1.807) is 0 Å². The number of nitrogens with two attached hydrogens (primary N) is 1. The van der Waals surface area contributed by atoms with E-state index in [9.17, 15) is 9.59 Å². The zero-order valence-electron chi connectivity index (χ0n) is 10.6. The molecule has 2 amide bonds. The summed E-state index contributed by atoms with van der Waals surface area (Å²) in [4.78, 5) is 22.9. The Morgan fingerprint density at radius 3 is 2.74 bits per heavy atom. The van der Waals surface area contributed by atoms with Crippen LogP contribution in [-0.2, 0) is 16.0 Å². The summed E-state index contributed by atoms with van der Waals surface area (Å²) in [5.74, 6) is 1.42. The van der Waals surface area contributed by atoms with Crippen molar-refractivity contribution < 1.29 is 9.59 Å². The van der Waals surface area contributed by atoms with Crippen LogP contribution >= 0.6 is 15.9 Å². The number of aryl methyl sites for hydroxylation is 1. The highest BCUT2D eigenvalue weighted by Crippen LogP contribution is 2.16. The van der Waals surface area contributed by atoms with Gasteiger partial charge in [-0.05, 0) is 30.2 Å². The normalized spacial score (nSPS) is 11.4. The lowest BCUT2D eigenvalue weighted by Gasteiger charge is -2.13. The molecule has 0 spiro atoms. The lowest BCUT2D eigenvalue weighted by molar-refractivity contribution is -0.126. The van der Waals surface area contributed by atoms with Crippen molar-refractivity contribution in [3.05, 3.63) is 33.8 Å². The van der Waals surface area contributed by atoms with E-state index in [1.165, 1.54) is 0 Å². The summed E-state index contributed by atoms with van der Waals surface area (Å²) in [5.41, 5.74) is 7.05. The Kier molecular flexibility index (Phi) is 5.58. The first-order valence-electron chi connectivity index (χ1n) is 5.71. The molecular formula is C14H15BrN2O2. The highest BCUT2D eigenvalue weighted by atomic mass is 79.9. The Morgan fingerprint density at radius 1 is 1.53 bits per heavy atom. The van der Waals surface area contributed by atoms with Gasteiger partial charge < -0.3 is 11.1 Å². The first kappa shape index (κ1) is 15.3. The Labute approximate surface area is 120 Å². The van der Waals surface area contributed by atoms with E-state index in [-0.39, 0.29) is 18.7 Å². The lowest BCUT2D eigenvalue weighted by Crippen LogP contribution is -2.44. The summed E-state index contributed by atoms with van der Waals surface area (Å²) in [6, 6.07) is 4.84. The quantitative estimate of drug-likeness (QED) is 0.802. The van der Waals surface area contributed by atoms with Crippen molar-refractivity contribution in [1.29, 1.82) is 0 Å². The number of benzene rings is 1. The standard InChI is InChI=1S/C14H15BrN2O2/c1-3-4-12(14(16)19)17-13(18)8-10-5-6-11(15)7-9(10)2/h1,5-7,12H,4,8H2,2H3,(H2,16,19)(H,17,18). The third-order valence-corrected chi connectivity index (χ3v) is 3.15. The Morgan fingerprint density at radius 2 is 2.21 bits per heavy atom. The van der Waals surface area contributed by atoms with Gasteiger partial charge in [0.25, 0.3) is 0 Å². The van der Waals surface area contributed by atoms with Crippen molar-refractivity contribution in [1.82, 2.24) is 5.32 Å². The van der Waals surface area contributed by atoms with Gasteiger partial charge in [0, 0.05) is 10.9 Å². The van der Waals surface area contributed by atoms with Crippen LogP contribution in [-0.4, -0.2) is 17.9 Å². The van der Waals surface area contributed by atoms with Crippen LogP contribution in [0.15, 0.2) is 22.7 Å². The molecule has 0 saturated carbocycles. The molecule has 100 valence electrons. The van der Waals surface area contributed by atoms with Crippen molar-refractivity contribution >= 4 is 27.7 Å². The second-order valence-electron chi connectivity index (χ2n) is 4.18. The molecule has 1 aromatic carbocycles. The van der Waals surface area contributed by atoms with Crippen molar-refractivity contribution in [2.45, 2.75) is 25.8 Å². The largest absolute Gasteiger partial charge is 0.368 e. The first-order chi connectivity index (χ1) is 8.93. The van der Waals surface area contributed by atoms with Gasteiger partial charge in [-0.2, -0.15) is 0 Å². The molecular weight excluding hydrogens is 308 g/mol. The average molecular weight is 323 g/mol. The predicted octanol–water partition coefficient (Wildman–Crippen LogP) is 1.29. The minimum absolute atomic E-state index is 0.0976. The second kappa shape index (κ2) is 6.95. The summed E-state index contributed by atoms with van der Waals surface area (Å²) >= 11 is 3.36. The van der Waals surface area contributed by atoms with E-state index < -0.39 is 11.9 Å². The number of hydrogen-bond donors (Lipinski definition) is 2. The molecule has 0 aliphatic rings. The fourth-order valence-electron chi connectivity index (χ4n) is 1.62. The zero-order chi connectivity index (χ0) is 14.4. The lowest BCUT2D eigenvalue weighted by atomic mass is 10.1. The predicted molar refractivity (Wildman–Crippen MR) is 77.2 cm³/mol. The van der Waals surface area contributed by atoms with Gasteiger partial charge in [0.15, 0.2) is 0 Å². The number of hydrogen-bond acceptors (Lipinski definition) is 2. The average Bonchev–Trinajstić information content (AvgIpc) is 2.32. The topological polar surface area (TPSA) is 72.2 Å². The minimum Gasteiger partial charge on any atom is -0.368 e. The third kappa shape index (κ3) is 4.76. The molecule has 0 saturated heterocycles. The van der Waals surface area contributed by atoms with Crippen molar-refractivity contribution in [3.8, 4) is 12.3 Å². The number of carbonyl (C=O) groups is 2. The molecule has 0 bridgehead atoms. The van der Waals surface area contributed by atoms with Gasteiger partial charge >= 0.3 is 0 Å². The van der Waals surface area contributed by atoms with Gasteiger partial charge in [-0.25, -0.2) is 0 Å². The van der Waals surface area contributed by atoms with Gasteiger partial charge in [-0.15, -0.1) is 12.3 Å². The van der Waals surface area contributed by atoms with E-state index in [0.29, 0.717) is 0 Å². The fourth-order valence-corrected chi connectivity index (χ4v) is 2.09. The van der Waals surface area contributed by atoms with Crippen LogP contribution < -0.4 is 11.1 Å². The number of primary amides is 1. The molecule has 1 aromatic rings. The molecule has 0 aromatic heterocycles. The summed E-state index contributed by atoms with van der Waals surface area (Å²) in [6.07, 6.45) is 5.41. The molecule has 1 atom stereocenters. The smallest absolute Gasteiger partial charge is 0.240 e. The maximum atomic E-state index is 11.8. The molecule has 4 nitrogen and oxygen atoms in total. The van der Waals surface area contributed by atoms with Crippen molar-refractivity contribution in [2.24, 2.45) is 5.73 Å². The maximum absolute atomic E-state index is 11.8. The number of amides is 2. The third-order valence-electron chi connectivity index (χ3n) is 2.66. The highest BCUT2D eigenvalue weighted by molar-refractivity contribution is 9.10. The second-order valence-corrected chi connectivity index (χ2v) is 5.09. The van der Waals surface area contributed by atoms with E-state index in [0.717, 1.165) is 15.6 Å². The molecule has 3 N–H and O–H groups in total. The number of terminal acetylenes is 1. The monoisotopic (exact) mass is 322 g/mol. The molecule has 0 heterocycles. The SMILES string of the molecule is C#CCC(NC(=O)Cc1ccc(Br)cc1C)C(N)=O. The van der Waals surface area contributed by atoms with E-state index in [1.807, 2.05) is 25.1 Å².